The molecule has 2 heterocycles. The Morgan fingerprint density at radius 1 is 1.23 bits per heavy atom. The maximum atomic E-state index is 13.8. The number of fused-ring (bicyclic) bond motifs is 1. The Kier molecular flexibility index (Phi) is 5.35. The highest BCUT2D eigenvalue weighted by atomic mass is 19.2. The predicted molar refractivity (Wildman–Crippen MR) is 104 cm³/mol. The quantitative estimate of drug-likeness (QED) is 0.572. The van der Waals surface area contributed by atoms with Crippen molar-refractivity contribution >= 4 is 17.7 Å². The Morgan fingerprint density at radius 2 is 1.97 bits per heavy atom. The van der Waals surface area contributed by atoms with E-state index in [0.29, 0.717) is 17.7 Å². The SMILES string of the molecule is CCc1ccc(CO)cc1NC1=NC(=O)NC2NCC(c3cc(F)c(F)c(F)c3)N12. The summed E-state index contributed by atoms with van der Waals surface area (Å²) in [5, 5.41) is 18.2. The number of urea groups is 1. The molecule has 10 heteroatoms. The fourth-order valence-corrected chi connectivity index (χ4v) is 3.70. The minimum absolute atomic E-state index is 0.156. The van der Waals surface area contributed by atoms with Gasteiger partial charge in [-0.1, -0.05) is 19.1 Å². The summed E-state index contributed by atoms with van der Waals surface area (Å²) in [6.45, 7) is 2.05. The van der Waals surface area contributed by atoms with Crippen LogP contribution in [0.15, 0.2) is 35.3 Å². The molecule has 2 aliphatic rings. The van der Waals surface area contributed by atoms with Crippen molar-refractivity contribution in [2.45, 2.75) is 32.3 Å². The molecule has 30 heavy (non-hydrogen) atoms. The Bertz CT molecular complexity index is 1010. The molecule has 0 radical (unpaired) electrons. The van der Waals surface area contributed by atoms with Crippen LogP contribution in [-0.2, 0) is 13.0 Å². The number of hydrogen-bond donors (Lipinski definition) is 4. The molecule has 2 amide bonds. The Balaban J connectivity index is 1.72. The number of guanidine groups is 1. The molecule has 2 aliphatic heterocycles. The zero-order valence-electron chi connectivity index (χ0n) is 16.0. The Labute approximate surface area is 170 Å². The Morgan fingerprint density at radius 3 is 2.63 bits per heavy atom. The number of aliphatic hydroxyl groups is 1. The molecule has 2 atom stereocenters. The molecule has 0 aromatic heterocycles. The van der Waals surface area contributed by atoms with E-state index < -0.39 is 35.8 Å². The number of aliphatic hydroxyl groups excluding tert-OH is 1. The topological polar surface area (TPSA) is 89.0 Å². The largest absolute Gasteiger partial charge is 0.392 e. The molecule has 0 saturated carbocycles. The van der Waals surface area contributed by atoms with Crippen molar-refractivity contribution < 1.29 is 23.1 Å². The summed E-state index contributed by atoms with van der Waals surface area (Å²) in [6, 6.07) is 6.08. The summed E-state index contributed by atoms with van der Waals surface area (Å²) in [6.07, 6.45) is 0.0253. The third-order valence-corrected chi connectivity index (χ3v) is 5.21. The van der Waals surface area contributed by atoms with Gasteiger partial charge in [0.1, 0.15) is 0 Å². The number of aryl methyl sites for hydroxylation is 1. The number of carbonyl (C=O) groups excluding carboxylic acids is 1. The molecule has 2 aromatic carbocycles. The number of benzene rings is 2. The first-order valence-corrected chi connectivity index (χ1v) is 9.46. The molecule has 2 aromatic rings. The summed E-state index contributed by atoms with van der Waals surface area (Å²) < 4.78 is 41.0. The zero-order chi connectivity index (χ0) is 21.4. The highest BCUT2D eigenvalue weighted by molar-refractivity contribution is 6.03. The normalized spacial score (nSPS) is 20.6. The van der Waals surface area contributed by atoms with Crippen LogP contribution < -0.4 is 16.0 Å². The van der Waals surface area contributed by atoms with Gasteiger partial charge >= 0.3 is 6.03 Å². The second-order valence-electron chi connectivity index (χ2n) is 7.05. The van der Waals surface area contributed by atoms with E-state index in [1.807, 2.05) is 13.0 Å². The molecular formula is C20H20F3N5O2. The van der Waals surface area contributed by atoms with E-state index in [1.165, 1.54) is 0 Å². The van der Waals surface area contributed by atoms with Crippen LogP contribution in [0.4, 0.5) is 23.7 Å². The van der Waals surface area contributed by atoms with Crippen LogP contribution in [0, 0.1) is 17.5 Å². The van der Waals surface area contributed by atoms with Gasteiger partial charge in [0.2, 0.25) is 5.96 Å². The van der Waals surface area contributed by atoms with Crippen molar-refractivity contribution in [1.29, 1.82) is 0 Å². The van der Waals surface area contributed by atoms with Gasteiger partial charge in [0.15, 0.2) is 23.7 Å². The van der Waals surface area contributed by atoms with Gasteiger partial charge in [0.05, 0.1) is 12.6 Å². The molecule has 1 saturated heterocycles. The first-order chi connectivity index (χ1) is 14.4. The van der Waals surface area contributed by atoms with Crippen molar-refractivity contribution in [2.24, 2.45) is 4.99 Å². The molecule has 158 valence electrons. The van der Waals surface area contributed by atoms with Gasteiger partial charge in [0.25, 0.3) is 0 Å². The van der Waals surface area contributed by atoms with Gasteiger partial charge in [-0.15, -0.1) is 0 Å². The van der Waals surface area contributed by atoms with E-state index in [9.17, 15) is 23.1 Å². The summed E-state index contributed by atoms with van der Waals surface area (Å²) in [4.78, 5) is 17.7. The summed E-state index contributed by atoms with van der Waals surface area (Å²) in [5.74, 6) is -3.93. The fraction of sp³-hybridized carbons (Fsp3) is 0.300. The van der Waals surface area contributed by atoms with E-state index in [2.05, 4.69) is 20.9 Å². The van der Waals surface area contributed by atoms with Gasteiger partial charge < -0.3 is 20.6 Å². The molecule has 7 nitrogen and oxygen atoms in total. The summed E-state index contributed by atoms with van der Waals surface area (Å²) in [5.41, 5.74) is 2.45. The lowest BCUT2D eigenvalue weighted by Crippen LogP contribution is -2.57. The van der Waals surface area contributed by atoms with Crippen molar-refractivity contribution in [1.82, 2.24) is 15.5 Å². The minimum atomic E-state index is -1.53. The molecule has 1 fully saturated rings. The maximum absolute atomic E-state index is 13.8. The third kappa shape index (κ3) is 3.59. The van der Waals surface area contributed by atoms with Crippen molar-refractivity contribution in [3.8, 4) is 0 Å². The molecule has 4 N–H and O–H groups in total. The van der Waals surface area contributed by atoms with Crippen LogP contribution in [0.2, 0.25) is 0 Å². The zero-order valence-corrected chi connectivity index (χ0v) is 16.0. The highest BCUT2D eigenvalue weighted by Gasteiger charge is 2.41. The first-order valence-electron chi connectivity index (χ1n) is 9.46. The van der Waals surface area contributed by atoms with Gasteiger partial charge in [-0.05, 0) is 41.3 Å². The number of hydrogen-bond acceptors (Lipinski definition) is 5. The average molecular weight is 419 g/mol. The maximum Gasteiger partial charge on any atom is 0.346 e. The summed E-state index contributed by atoms with van der Waals surface area (Å²) in [7, 11) is 0. The van der Waals surface area contributed by atoms with Gasteiger partial charge in [-0.2, -0.15) is 4.99 Å². The number of nitrogens with one attached hydrogen (secondary N) is 3. The lowest BCUT2D eigenvalue weighted by molar-refractivity contribution is 0.214. The van der Waals surface area contributed by atoms with Gasteiger partial charge in [-0.3, -0.25) is 5.32 Å². The van der Waals surface area contributed by atoms with Gasteiger partial charge in [-0.25, -0.2) is 18.0 Å². The van der Waals surface area contributed by atoms with E-state index in [-0.39, 0.29) is 24.7 Å². The second kappa shape index (κ2) is 7.96. The molecule has 4 rings (SSSR count). The molecule has 2 unspecified atom stereocenters. The second-order valence-corrected chi connectivity index (χ2v) is 7.05. The van der Waals surface area contributed by atoms with Crippen LogP contribution in [0.1, 0.15) is 29.7 Å². The lowest BCUT2D eigenvalue weighted by atomic mass is 10.1. The standard InChI is InChI=1S/C20H20F3N5O2/c1-2-11-4-3-10(9-29)5-15(11)25-19-27-20(30)26-18-24-8-16(28(18)19)12-6-13(21)17(23)14(22)7-12/h3-7,16,18,24,29H,2,8-9H2,1H3,(H2,25,26,27,30). The molecule has 0 bridgehead atoms. The fourth-order valence-electron chi connectivity index (χ4n) is 3.70. The lowest BCUT2D eigenvalue weighted by Gasteiger charge is -2.35. The van der Waals surface area contributed by atoms with Crippen LogP contribution in [0.25, 0.3) is 0 Å². The van der Waals surface area contributed by atoms with Crippen LogP contribution in [-0.4, -0.2) is 34.8 Å². The number of carbonyl (C=O) groups is 1. The van der Waals surface area contributed by atoms with E-state index in [1.54, 1.807) is 17.0 Å². The van der Waals surface area contributed by atoms with E-state index in [0.717, 1.165) is 17.7 Å². The highest BCUT2D eigenvalue weighted by Crippen LogP contribution is 2.31. The summed E-state index contributed by atoms with van der Waals surface area (Å²) >= 11 is 0. The van der Waals surface area contributed by atoms with Gasteiger partial charge in [0, 0.05) is 12.2 Å². The third-order valence-electron chi connectivity index (χ3n) is 5.21. The van der Waals surface area contributed by atoms with Crippen LogP contribution in [0.3, 0.4) is 0 Å². The molecule has 0 aliphatic carbocycles. The predicted octanol–water partition coefficient (Wildman–Crippen LogP) is 2.58. The number of rotatable bonds is 4. The van der Waals surface area contributed by atoms with E-state index >= 15 is 0 Å². The van der Waals surface area contributed by atoms with E-state index in [4.69, 9.17) is 0 Å². The smallest absolute Gasteiger partial charge is 0.346 e. The number of anilines is 1. The van der Waals surface area contributed by atoms with Crippen LogP contribution >= 0.6 is 0 Å². The number of nitrogens with zero attached hydrogens (tertiary/aromatic N) is 2. The van der Waals surface area contributed by atoms with Crippen molar-refractivity contribution in [3.05, 3.63) is 64.5 Å². The van der Waals surface area contributed by atoms with Crippen molar-refractivity contribution in [2.75, 3.05) is 11.9 Å². The van der Waals surface area contributed by atoms with Crippen molar-refractivity contribution in [3.63, 3.8) is 0 Å². The average Bonchev–Trinajstić information content (AvgIpc) is 3.15. The van der Waals surface area contributed by atoms with Crippen LogP contribution in [0.5, 0.6) is 0 Å². The Hall–Kier alpha value is -3.11. The number of halogens is 3. The molecular weight excluding hydrogens is 399 g/mol. The number of aliphatic imine (C=N–C) groups is 1. The molecule has 0 spiro atoms. The monoisotopic (exact) mass is 419 g/mol. The first kappa shape index (κ1) is 20.2. The number of amides is 2. The minimum Gasteiger partial charge on any atom is -0.392 e.